The van der Waals surface area contributed by atoms with Gasteiger partial charge >= 0.3 is 0 Å². The molecule has 4 heteroatoms. The van der Waals surface area contributed by atoms with E-state index in [9.17, 15) is 14.7 Å². The number of piperidine rings is 1. The first kappa shape index (κ1) is 12.4. The summed E-state index contributed by atoms with van der Waals surface area (Å²) in [7, 11) is 0. The molecule has 0 radical (unpaired) electrons. The highest BCUT2D eigenvalue weighted by Crippen LogP contribution is 2.47. The molecule has 19 heavy (non-hydrogen) atoms. The summed E-state index contributed by atoms with van der Waals surface area (Å²) in [4.78, 5) is 24.9. The Morgan fingerprint density at radius 3 is 2.42 bits per heavy atom. The monoisotopic (exact) mass is 259 g/mol. The number of aliphatic hydroxyl groups excluding tert-OH is 1. The summed E-state index contributed by atoms with van der Waals surface area (Å²) in [5, 5.41) is 10.2. The molecule has 1 aromatic carbocycles. The second-order valence-electron chi connectivity index (χ2n) is 5.60. The molecule has 3 rings (SSSR count). The first-order chi connectivity index (χ1) is 8.99. The largest absolute Gasteiger partial charge is 0.387 e. The third-order valence-corrected chi connectivity index (χ3v) is 4.23. The molecule has 0 spiro atoms. The van der Waals surface area contributed by atoms with Crippen molar-refractivity contribution in [2.45, 2.75) is 26.4 Å². The van der Waals surface area contributed by atoms with E-state index in [2.05, 4.69) is 0 Å². The summed E-state index contributed by atoms with van der Waals surface area (Å²) in [6.07, 6.45) is -0.0989. The molecular formula is C15H17NO3. The highest BCUT2D eigenvalue weighted by molar-refractivity contribution is 6.08. The molecule has 0 aromatic heterocycles. The van der Waals surface area contributed by atoms with Gasteiger partial charge in [0.25, 0.3) is 0 Å². The van der Waals surface area contributed by atoms with Crippen LogP contribution in [0.15, 0.2) is 18.2 Å². The van der Waals surface area contributed by atoms with Gasteiger partial charge in [0.15, 0.2) is 0 Å². The lowest BCUT2D eigenvalue weighted by Crippen LogP contribution is -2.36. The maximum atomic E-state index is 11.8. The average molecular weight is 259 g/mol. The molecule has 1 aliphatic heterocycles. The first-order valence-electron chi connectivity index (χ1n) is 6.59. The normalized spacial score (nSPS) is 26.6. The van der Waals surface area contributed by atoms with E-state index < -0.39 is 6.10 Å². The Morgan fingerprint density at radius 1 is 1.21 bits per heavy atom. The Bertz CT molecular complexity index is 547. The van der Waals surface area contributed by atoms with Crippen molar-refractivity contribution >= 4 is 11.8 Å². The van der Waals surface area contributed by atoms with Crippen molar-refractivity contribution in [3.05, 3.63) is 34.9 Å². The number of carbonyl (C=O) groups is 2. The number of nitrogens with zero attached hydrogens (tertiary/aromatic N) is 1. The highest BCUT2D eigenvalue weighted by Gasteiger charge is 2.58. The zero-order chi connectivity index (χ0) is 13.7. The minimum Gasteiger partial charge on any atom is -0.387 e. The highest BCUT2D eigenvalue weighted by atomic mass is 16.3. The minimum atomic E-state index is -0.801. The molecule has 3 atom stereocenters. The van der Waals surface area contributed by atoms with Crippen LogP contribution in [0, 0.1) is 25.7 Å². The Labute approximate surface area is 112 Å². The second-order valence-corrected chi connectivity index (χ2v) is 5.60. The number of likely N-dealkylation sites (tertiary alicyclic amines) is 1. The maximum absolute atomic E-state index is 11.8. The van der Waals surface area contributed by atoms with Crippen molar-refractivity contribution in [1.82, 2.24) is 4.90 Å². The van der Waals surface area contributed by atoms with E-state index in [0.717, 1.165) is 16.7 Å². The molecule has 0 bridgehead atoms. The lowest BCUT2D eigenvalue weighted by atomic mass is 10.0. The van der Waals surface area contributed by atoms with E-state index in [1.807, 2.05) is 32.0 Å². The van der Waals surface area contributed by atoms with Gasteiger partial charge in [0.1, 0.15) is 0 Å². The molecule has 1 heterocycles. The molecule has 1 saturated carbocycles. The van der Waals surface area contributed by atoms with Crippen LogP contribution in [0.2, 0.25) is 0 Å². The Morgan fingerprint density at radius 2 is 1.84 bits per heavy atom. The van der Waals surface area contributed by atoms with Gasteiger partial charge in [0.05, 0.1) is 24.5 Å². The Hall–Kier alpha value is -1.68. The van der Waals surface area contributed by atoms with Crippen LogP contribution in [0.4, 0.5) is 0 Å². The standard InChI is InChI=1S/C15H17NO3/c1-8-3-4-10(5-9(8)2)13(17)7-16-14(18)11-6-12(11)15(16)19/h3-5,11-13,17H,6-7H2,1-2H3. The first-order valence-corrected chi connectivity index (χ1v) is 6.59. The molecule has 3 unspecified atom stereocenters. The van der Waals surface area contributed by atoms with Crippen LogP contribution in [0.3, 0.4) is 0 Å². The number of carbonyl (C=O) groups excluding carboxylic acids is 2. The SMILES string of the molecule is Cc1ccc(C(O)CN2C(=O)C3CC3C2=O)cc1C. The molecule has 4 nitrogen and oxygen atoms in total. The van der Waals surface area contributed by atoms with Crippen LogP contribution in [0.5, 0.6) is 0 Å². The summed E-state index contributed by atoms with van der Waals surface area (Å²) < 4.78 is 0. The van der Waals surface area contributed by atoms with Gasteiger partial charge in [0.2, 0.25) is 11.8 Å². The summed E-state index contributed by atoms with van der Waals surface area (Å²) >= 11 is 0. The predicted molar refractivity (Wildman–Crippen MR) is 69.2 cm³/mol. The second kappa shape index (κ2) is 4.17. The molecule has 100 valence electrons. The number of fused-ring (bicyclic) bond motifs is 1. The van der Waals surface area contributed by atoms with Crippen LogP contribution < -0.4 is 0 Å². The van der Waals surface area contributed by atoms with Gasteiger partial charge < -0.3 is 5.11 Å². The van der Waals surface area contributed by atoms with Crippen LogP contribution in [-0.4, -0.2) is 28.4 Å². The van der Waals surface area contributed by atoms with Gasteiger partial charge in [0, 0.05) is 0 Å². The molecule has 1 N–H and O–H groups in total. The molecule has 1 aliphatic carbocycles. The fourth-order valence-electron chi connectivity index (χ4n) is 2.68. The third kappa shape index (κ3) is 1.96. The van der Waals surface area contributed by atoms with Crippen molar-refractivity contribution in [2.75, 3.05) is 6.54 Å². The van der Waals surface area contributed by atoms with E-state index in [-0.39, 0.29) is 30.2 Å². The average Bonchev–Trinajstić information content (AvgIpc) is 3.13. The van der Waals surface area contributed by atoms with E-state index in [0.29, 0.717) is 6.42 Å². The van der Waals surface area contributed by atoms with Crippen LogP contribution in [0.1, 0.15) is 29.2 Å². The van der Waals surface area contributed by atoms with Gasteiger partial charge in [-0.15, -0.1) is 0 Å². The number of aryl methyl sites for hydroxylation is 2. The predicted octanol–water partition coefficient (Wildman–Crippen LogP) is 1.34. The van der Waals surface area contributed by atoms with Crippen molar-refractivity contribution in [3.8, 4) is 0 Å². The third-order valence-electron chi connectivity index (χ3n) is 4.23. The summed E-state index contributed by atoms with van der Waals surface area (Å²) in [6, 6.07) is 5.70. The summed E-state index contributed by atoms with van der Waals surface area (Å²) in [5.74, 6) is -0.422. The van der Waals surface area contributed by atoms with Gasteiger partial charge in [-0.25, -0.2) is 0 Å². The van der Waals surface area contributed by atoms with Crippen molar-refractivity contribution in [1.29, 1.82) is 0 Å². The number of β-amino-alcohol motifs (C(OH)–C–C–N with tert-alkyl or cyclic N) is 1. The number of rotatable bonds is 3. The Balaban J connectivity index is 1.74. The minimum absolute atomic E-state index is 0.0766. The lowest BCUT2D eigenvalue weighted by molar-refractivity contribution is -0.143. The topological polar surface area (TPSA) is 57.6 Å². The lowest BCUT2D eigenvalue weighted by Gasteiger charge is -2.21. The zero-order valence-corrected chi connectivity index (χ0v) is 11.1. The van der Waals surface area contributed by atoms with E-state index in [1.54, 1.807) is 0 Å². The number of aliphatic hydroxyl groups is 1. The smallest absolute Gasteiger partial charge is 0.233 e. The summed E-state index contributed by atoms with van der Waals surface area (Å²) in [6.45, 7) is 4.06. The number of imide groups is 1. The van der Waals surface area contributed by atoms with Crippen LogP contribution in [-0.2, 0) is 9.59 Å². The van der Waals surface area contributed by atoms with Gasteiger partial charge in [-0.2, -0.15) is 0 Å². The van der Waals surface area contributed by atoms with Crippen molar-refractivity contribution in [3.63, 3.8) is 0 Å². The fourth-order valence-corrected chi connectivity index (χ4v) is 2.68. The van der Waals surface area contributed by atoms with Crippen LogP contribution in [0.25, 0.3) is 0 Å². The van der Waals surface area contributed by atoms with E-state index >= 15 is 0 Å². The number of benzene rings is 1. The quantitative estimate of drug-likeness (QED) is 0.833. The van der Waals surface area contributed by atoms with Crippen molar-refractivity contribution < 1.29 is 14.7 Å². The fraction of sp³-hybridized carbons (Fsp3) is 0.467. The molecule has 2 aliphatic rings. The Kier molecular flexibility index (Phi) is 2.71. The van der Waals surface area contributed by atoms with Crippen LogP contribution >= 0.6 is 0 Å². The zero-order valence-electron chi connectivity index (χ0n) is 11.1. The number of hydrogen-bond donors (Lipinski definition) is 1. The number of amides is 2. The molecule has 1 saturated heterocycles. The molecule has 2 amide bonds. The van der Waals surface area contributed by atoms with Crippen molar-refractivity contribution in [2.24, 2.45) is 11.8 Å². The van der Waals surface area contributed by atoms with E-state index in [4.69, 9.17) is 0 Å². The summed E-state index contributed by atoms with van der Waals surface area (Å²) in [5.41, 5.74) is 3.01. The maximum Gasteiger partial charge on any atom is 0.233 e. The molecular weight excluding hydrogens is 242 g/mol. The van der Waals surface area contributed by atoms with Gasteiger partial charge in [-0.1, -0.05) is 18.2 Å². The molecule has 1 aromatic rings. The molecule has 2 fully saturated rings. The van der Waals surface area contributed by atoms with Gasteiger partial charge in [-0.05, 0) is 37.0 Å². The number of hydrogen-bond acceptors (Lipinski definition) is 3. The van der Waals surface area contributed by atoms with Gasteiger partial charge in [-0.3, -0.25) is 14.5 Å². The van der Waals surface area contributed by atoms with E-state index in [1.165, 1.54) is 4.90 Å².